The number of halogens is 1. The molecule has 0 aliphatic carbocycles. The van der Waals surface area contributed by atoms with Gasteiger partial charge in [-0.25, -0.2) is 0 Å². The number of piperidine rings is 1. The van der Waals surface area contributed by atoms with Gasteiger partial charge in [0.15, 0.2) is 0 Å². The van der Waals surface area contributed by atoms with Crippen LogP contribution in [0, 0.1) is 5.92 Å². The van der Waals surface area contributed by atoms with Gasteiger partial charge in [-0.05, 0) is 63.0 Å². The highest BCUT2D eigenvalue weighted by molar-refractivity contribution is 6.30. The predicted molar refractivity (Wildman–Crippen MR) is 85.5 cm³/mol. The van der Waals surface area contributed by atoms with Crippen LogP contribution in [0.3, 0.4) is 0 Å². The van der Waals surface area contributed by atoms with Crippen molar-refractivity contribution in [3.8, 4) is 0 Å². The van der Waals surface area contributed by atoms with Crippen LogP contribution in [0.4, 0.5) is 5.69 Å². The minimum atomic E-state index is -0.222. The molecule has 1 heterocycles. The Morgan fingerprint density at radius 2 is 2.00 bits per heavy atom. The number of aliphatic hydroxyl groups excluding tert-OH is 1. The van der Waals surface area contributed by atoms with E-state index in [9.17, 15) is 9.90 Å². The van der Waals surface area contributed by atoms with Gasteiger partial charge in [-0.15, -0.1) is 0 Å². The lowest BCUT2D eigenvalue weighted by Gasteiger charge is -2.33. The summed E-state index contributed by atoms with van der Waals surface area (Å²) in [5, 5.41) is 13.1. The molecule has 1 aromatic carbocycles. The van der Waals surface area contributed by atoms with Crippen molar-refractivity contribution in [2.24, 2.45) is 5.92 Å². The summed E-state index contributed by atoms with van der Waals surface area (Å²) in [5.74, 6) is 0.430. The lowest BCUT2D eigenvalue weighted by Crippen LogP contribution is -2.38. The second-order valence-corrected chi connectivity index (χ2v) is 6.16. The smallest absolute Gasteiger partial charge is 0.225 e. The maximum absolute atomic E-state index is 11.9. The first-order valence-corrected chi connectivity index (χ1v) is 7.88. The quantitative estimate of drug-likeness (QED) is 0.879. The number of hydrogen-bond donors (Lipinski definition) is 2. The van der Waals surface area contributed by atoms with Crippen molar-refractivity contribution < 1.29 is 9.90 Å². The minimum absolute atomic E-state index is 0.0231. The fourth-order valence-electron chi connectivity index (χ4n) is 2.68. The van der Waals surface area contributed by atoms with E-state index in [-0.39, 0.29) is 12.0 Å². The summed E-state index contributed by atoms with van der Waals surface area (Å²) in [6.45, 7) is 4.55. The number of rotatable bonds is 5. The second-order valence-electron chi connectivity index (χ2n) is 5.72. The molecule has 1 unspecified atom stereocenters. The number of nitrogens with zero attached hydrogens (tertiary/aromatic N) is 1. The van der Waals surface area contributed by atoms with Gasteiger partial charge in [-0.1, -0.05) is 11.6 Å². The van der Waals surface area contributed by atoms with E-state index < -0.39 is 0 Å². The standard InChI is InChI=1S/C16H23ClN2O2/c1-12(20)13-6-9-19(10-7-13)11-8-16(21)18-15-4-2-14(17)3-5-15/h2-5,12-13,20H,6-11H2,1H3,(H,18,21). The molecule has 1 fully saturated rings. The Hall–Kier alpha value is -1.10. The highest BCUT2D eigenvalue weighted by Crippen LogP contribution is 2.20. The van der Waals surface area contributed by atoms with Gasteiger partial charge in [0, 0.05) is 23.7 Å². The van der Waals surface area contributed by atoms with E-state index in [2.05, 4.69) is 10.2 Å². The number of amides is 1. The molecule has 1 saturated heterocycles. The Morgan fingerprint density at radius 3 is 2.57 bits per heavy atom. The number of hydrogen-bond acceptors (Lipinski definition) is 3. The summed E-state index contributed by atoms with van der Waals surface area (Å²) in [4.78, 5) is 14.2. The van der Waals surface area contributed by atoms with Gasteiger partial charge in [0.25, 0.3) is 0 Å². The molecule has 21 heavy (non-hydrogen) atoms. The van der Waals surface area contributed by atoms with Crippen molar-refractivity contribution in [1.82, 2.24) is 4.90 Å². The maximum atomic E-state index is 11.9. The lowest BCUT2D eigenvalue weighted by molar-refractivity contribution is -0.116. The Morgan fingerprint density at radius 1 is 1.38 bits per heavy atom. The molecule has 1 amide bonds. The van der Waals surface area contributed by atoms with Gasteiger partial charge in [-0.2, -0.15) is 0 Å². The van der Waals surface area contributed by atoms with Crippen LogP contribution >= 0.6 is 11.6 Å². The third-order valence-electron chi connectivity index (χ3n) is 4.10. The van der Waals surface area contributed by atoms with Crippen molar-refractivity contribution >= 4 is 23.2 Å². The van der Waals surface area contributed by atoms with Crippen molar-refractivity contribution in [1.29, 1.82) is 0 Å². The second kappa shape index (κ2) is 7.78. The number of carbonyl (C=O) groups excluding carboxylic acids is 1. The molecule has 1 aromatic rings. The van der Waals surface area contributed by atoms with Crippen molar-refractivity contribution in [2.75, 3.05) is 25.0 Å². The number of likely N-dealkylation sites (tertiary alicyclic amines) is 1. The fraction of sp³-hybridized carbons (Fsp3) is 0.562. The number of anilines is 1. The molecule has 0 spiro atoms. The molecule has 0 radical (unpaired) electrons. The zero-order chi connectivity index (χ0) is 15.2. The molecular formula is C16H23ClN2O2. The average molecular weight is 311 g/mol. The van der Waals surface area contributed by atoms with Crippen molar-refractivity contribution in [3.05, 3.63) is 29.3 Å². The zero-order valence-corrected chi connectivity index (χ0v) is 13.1. The molecule has 0 bridgehead atoms. The molecule has 1 atom stereocenters. The third-order valence-corrected chi connectivity index (χ3v) is 4.35. The van der Waals surface area contributed by atoms with E-state index in [4.69, 9.17) is 11.6 Å². The SMILES string of the molecule is CC(O)C1CCN(CCC(=O)Nc2ccc(Cl)cc2)CC1. The summed E-state index contributed by atoms with van der Waals surface area (Å²) in [7, 11) is 0. The summed E-state index contributed by atoms with van der Waals surface area (Å²) in [6.07, 6.45) is 2.29. The largest absolute Gasteiger partial charge is 0.393 e. The van der Waals surface area contributed by atoms with Crippen LogP contribution in [-0.4, -0.2) is 41.7 Å². The van der Waals surface area contributed by atoms with Crippen LogP contribution in [0.25, 0.3) is 0 Å². The van der Waals surface area contributed by atoms with Crippen molar-refractivity contribution in [2.45, 2.75) is 32.3 Å². The molecular weight excluding hydrogens is 288 g/mol. The topological polar surface area (TPSA) is 52.6 Å². The van der Waals surface area contributed by atoms with E-state index in [1.165, 1.54) is 0 Å². The molecule has 1 aliphatic heterocycles. The number of carbonyl (C=O) groups is 1. The summed E-state index contributed by atoms with van der Waals surface area (Å²) in [5.41, 5.74) is 0.775. The maximum Gasteiger partial charge on any atom is 0.225 e. The van der Waals surface area contributed by atoms with Gasteiger partial charge in [-0.3, -0.25) is 4.79 Å². The fourth-order valence-corrected chi connectivity index (χ4v) is 2.80. The van der Waals surface area contributed by atoms with Gasteiger partial charge in [0.05, 0.1) is 6.10 Å². The van der Waals surface area contributed by atoms with E-state index in [0.29, 0.717) is 17.4 Å². The number of aliphatic hydroxyl groups is 1. The molecule has 1 aliphatic rings. The zero-order valence-electron chi connectivity index (χ0n) is 12.4. The van der Waals surface area contributed by atoms with Crippen molar-refractivity contribution in [3.63, 3.8) is 0 Å². The van der Waals surface area contributed by atoms with Crippen LogP contribution in [0.1, 0.15) is 26.2 Å². The first kappa shape index (κ1) is 16.3. The van der Waals surface area contributed by atoms with Crippen LogP contribution in [-0.2, 0) is 4.79 Å². The van der Waals surface area contributed by atoms with Crippen LogP contribution in [0.15, 0.2) is 24.3 Å². The summed E-state index contributed by atoms with van der Waals surface area (Å²) < 4.78 is 0. The predicted octanol–water partition coefficient (Wildman–Crippen LogP) is 2.76. The Kier molecular flexibility index (Phi) is 6.03. The summed E-state index contributed by atoms with van der Waals surface area (Å²) in [6, 6.07) is 7.12. The van der Waals surface area contributed by atoms with Gasteiger partial charge in [0.2, 0.25) is 5.91 Å². The molecule has 0 aromatic heterocycles. The number of nitrogens with one attached hydrogen (secondary N) is 1. The first-order chi connectivity index (χ1) is 10.0. The third kappa shape index (κ3) is 5.30. The molecule has 2 N–H and O–H groups in total. The Labute approximate surface area is 131 Å². The Bertz CT molecular complexity index is 454. The van der Waals surface area contributed by atoms with Gasteiger partial charge >= 0.3 is 0 Å². The van der Waals surface area contributed by atoms with Gasteiger partial charge in [0.1, 0.15) is 0 Å². The van der Waals surface area contributed by atoms with E-state index in [0.717, 1.165) is 38.2 Å². The molecule has 5 heteroatoms. The minimum Gasteiger partial charge on any atom is -0.393 e. The van der Waals surface area contributed by atoms with E-state index >= 15 is 0 Å². The molecule has 2 rings (SSSR count). The molecule has 116 valence electrons. The first-order valence-electron chi connectivity index (χ1n) is 7.50. The van der Waals surface area contributed by atoms with E-state index in [1.54, 1.807) is 24.3 Å². The summed E-state index contributed by atoms with van der Waals surface area (Å²) >= 11 is 5.81. The Balaban J connectivity index is 1.69. The van der Waals surface area contributed by atoms with Crippen LogP contribution in [0.2, 0.25) is 5.02 Å². The van der Waals surface area contributed by atoms with Gasteiger partial charge < -0.3 is 15.3 Å². The highest BCUT2D eigenvalue weighted by atomic mass is 35.5. The lowest BCUT2D eigenvalue weighted by atomic mass is 9.92. The highest BCUT2D eigenvalue weighted by Gasteiger charge is 2.22. The average Bonchev–Trinajstić information content (AvgIpc) is 2.48. The number of benzene rings is 1. The monoisotopic (exact) mass is 310 g/mol. The van der Waals surface area contributed by atoms with Crippen LogP contribution < -0.4 is 5.32 Å². The molecule has 4 nitrogen and oxygen atoms in total. The normalized spacial score (nSPS) is 18.4. The van der Waals surface area contributed by atoms with E-state index in [1.807, 2.05) is 6.92 Å². The molecule has 0 saturated carbocycles. The van der Waals surface area contributed by atoms with Crippen LogP contribution in [0.5, 0.6) is 0 Å².